The number of para-hydroxylation sites is 1. The fourth-order valence-electron chi connectivity index (χ4n) is 2.35. The first-order valence-corrected chi connectivity index (χ1v) is 7.48. The second-order valence-electron chi connectivity index (χ2n) is 4.71. The van der Waals surface area contributed by atoms with Gasteiger partial charge in [-0.15, -0.1) is 0 Å². The SMILES string of the molecule is COc1ccc(Br)cc1CNCc1cccc2c1OCO2. The number of nitrogens with one attached hydrogen (secondary N) is 1. The first kappa shape index (κ1) is 14.2. The third kappa shape index (κ3) is 3.14. The van der Waals surface area contributed by atoms with Crippen molar-refractivity contribution in [3.05, 3.63) is 52.0 Å². The monoisotopic (exact) mass is 349 g/mol. The largest absolute Gasteiger partial charge is 0.496 e. The molecule has 0 unspecified atom stereocenters. The topological polar surface area (TPSA) is 39.7 Å². The highest BCUT2D eigenvalue weighted by molar-refractivity contribution is 9.10. The quantitative estimate of drug-likeness (QED) is 0.896. The van der Waals surface area contributed by atoms with Gasteiger partial charge in [0.1, 0.15) is 5.75 Å². The van der Waals surface area contributed by atoms with Gasteiger partial charge in [-0.25, -0.2) is 0 Å². The van der Waals surface area contributed by atoms with Crippen molar-refractivity contribution in [1.82, 2.24) is 5.32 Å². The summed E-state index contributed by atoms with van der Waals surface area (Å²) in [4.78, 5) is 0. The van der Waals surface area contributed by atoms with Gasteiger partial charge in [0.15, 0.2) is 11.5 Å². The number of methoxy groups -OCH3 is 1. The number of rotatable bonds is 5. The molecule has 1 aliphatic heterocycles. The van der Waals surface area contributed by atoms with Gasteiger partial charge in [0.25, 0.3) is 0 Å². The van der Waals surface area contributed by atoms with E-state index >= 15 is 0 Å². The van der Waals surface area contributed by atoms with Crippen molar-refractivity contribution < 1.29 is 14.2 Å². The Balaban J connectivity index is 1.67. The van der Waals surface area contributed by atoms with E-state index in [2.05, 4.69) is 27.3 Å². The van der Waals surface area contributed by atoms with Crippen molar-refractivity contribution >= 4 is 15.9 Å². The van der Waals surface area contributed by atoms with Crippen LogP contribution in [0.5, 0.6) is 17.2 Å². The van der Waals surface area contributed by atoms with Gasteiger partial charge >= 0.3 is 0 Å². The molecule has 1 heterocycles. The molecule has 0 aromatic heterocycles. The van der Waals surface area contributed by atoms with Gasteiger partial charge in [0.05, 0.1) is 7.11 Å². The summed E-state index contributed by atoms with van der Waals surface area (Å²) >= 11 is 3.48. The number of hydrogen-bond acceptors (Lipinski definition) is 4. The lowest BCUT2D eigenvalue weighted by Gasteiger charge is -2.11. The van der Waals surface area contributed by atoms with E-state index in [0.717, 1.165) is 32.8 Å². The van der Waals surface area contributed by atoms with E-state index < -0.39 is 0 Å². The Morgan fingerprint density at radius 1 is 1.14 bits per heavy atom. The summed E-state index contributed by atoms with van der Waals surface area (Å²) < 4.78 is 17.3. The van der Waals surface area contributed by atoms with Crippen LogP contribution in [-0.4, -0.2) is 13.9 Å². The molecule has 1 aliphatic rings. The highest BCUT2D eigenvalue weighted by Crippen LogP contribution is 2.35. The minimum absolute atomic E-state index is 0.297. The molecule has 0 radical (unpaired) electrons. The Kier molecular flexibility index (Phi) is 4.31. The predicted molar refractivity (Wildman–Crippen MR) is 83.8 cm³/mol. The van der Waals surface area contributed by atoms with E-state index in [-0.39, 0.29) is 0 Å². The Morgan fingerprint density at radius 3 is 2.86 bits per heavy atom. The number of ether oxygens (including phenoxy) is 3. The first-order chi connectivity index (χ1) is 10.3. The molecule has 2 aromatic carbocycles. The normalized spacial score (nSPS) is 12.5. The summed E-state index contributed by atoms with van der Waals surface area (Å²) in [6.07, 6.45) is 0. The standard InChI is InChI=1S/C16H16BrNO3/c1-19-14-6-5-13(17)7-12(14)9-18-8-11-3-2-4-15-16(11)21-10-20-15/h2-7,18H,8-10H2,1H3. The van der Waals surface area contributed by atoms with Crippen LogP contribution in [0.1, 0.15) is 11.1 Å². The van der Waals surface area contributed by atoms with Crippen LogP contribution in [0.15, 0.2) is 40.9 Å². The van der Waals surface area contributed by atoms with Crippen LogP contribution in [0.25, 0.3) is 0 Å². The molecule has 2 aromatic rings. The molecule has 0 atom stereocenters. The van der Waals surface area contributed by atoms with Crippen LogP contribution >= 0.6 is 15.9 Å². The van der Waals surface area contributed by atoms with Crippen molar-refractivity contribution in [1.29, 1.82) is 0 Å². The molecule has 3 rings (SSSR count). The molecule has 4 nitrogen and oxygen atoms in total. The van der Waals surface area contributed by atoms with Gasteiger partial charge in [0, 0.05) is 28.7 Å². The zero-order valence-electron chi connectivity index (χ0n) is 11.7. The van der Waals surface area contributed by atoms with Crippen molar-refractivity contribution in [2.75, 3.05) is 13.9 Å². The van der Waals surface area contributed by atoms with E-state index in [1.807, 2.05) is 30.3 Å². The van der Waals surface area contributed by atoms with Gasteiger partial charge in [-0.2, -0.15) is 0 Å². The molecule has 5 heteroatoms. The highest BCUT2D eigenvalue weighted by atomic mass is 79.9. The molecular weight excluding hydrogens is 334 g/mol. The second kappa shape index (κ2) is 6.37. The molecule has 0 aliphatic carbocycles. The van der Waals surface area contributed by atoms with Crippen LogP contribution in [0.4, 0.5) is 0 Å². The third-order valence-corrected chi connectivity index (χ3v) is 3.84. The maximum Gasteiger partial charge on any atom is 0.231 e. The molecule has 0 saturated carbocycles. The van der Waals surface area contributed by atoms with Gasteiger partial charge < -0.3 is 19.5 Å². The number of benzene rings is 2. The lowest BCUT2D eigenvalue weighted by Crippen LogP contribution is -2.13. The van der Waals surface area contributed by atoms with Crippen LogP contribution in [0.3, 0.4) is 0 Å². The van der Waals surface area contributed by atoms with Crippen LogP contribution in [0, 0.1) is 0 Å². The van der Waals surface area contributed by atoms with Crippen LogP contribution in [-0.2, 0) is 13.1 Å². The summed E-state index contributed by atoms with van der Waals surface area (Å²) in [5.41, 5.74) is 2.20. The third-order valence-electron chi connectivity index (χ3n) is 3.35. The maximum absolute atomic E-state index is 5.50. The molecule has 0 amide bonds. The lowest BCUT2D eigenvalue weighted by molar-refractivity contribution is 0.173. The Morgan fingerprint density at radius 2 is 2.00 bits per heavy atom. The Bertz CT molecular complexity index is 643. The molecule has 0 saturated heterocycles. The molecule has 0 bridgehead atoms. The van der Waals surface area contributed by atoms with Crippen LogP contribution < -0.4 is 19.5 Å². The summed E-state index contributed by atoms with van der Waals surface area (Å²) in [5.74, 6) is 2.53. The van der Waals surface area contributed by atoms with Crippen molar-refractivity contribution in [3.63, 3.8) is 0 Å². The van der Waals surface area contributed by atoms with Crippen LogP contribution in [0.2, 0.25) is 0 Å². The van der Waals surface area contributed by atoms with Crippen molar-refractivity contribution in [2.24, 2.45) is 0 Å². The minimum atomic E-state index is 0.297. The van der Waals surface area contributed by atoms with E-state index in [1.54, 1.807) is 7.11 Å². The Hall–Kier alpha value is -1.72. The second-order valence-corrected chi connectivity index (χ2v) is 5.63. The van der Waals surface area contributed by atoms with E-state index in [0.29, 0.717) is 19.9 Å². The minimum Gasteiger partial charge on any atom is -0.496 e. The zero-order valence-corrected chi connectivity index (χ0v) is 13.3. The average Bonchev–Trinajstić information content (AvgIpc) is 2.97. The van der Waals surface area contributed by atoms with Gasteiger partial charge in [-0.1, -0.05) is 28.1 Å². The van der Waals surface area contributed by atoms with E-state index in [9.17, 15) is 0 Å². The fraction of sp³-hybridized carbons (Fsp3) is 0.250. The summed E-state index contributed by atoms with van der Waals surface area (Å²) in [6.45, 7) is 1.72. The lowest BCUT2D eigenvalue weighted by atomic mass is 10.1. The van der Waals surface area contributed by atoms with Gasteiger partial charge in [-0.05, 0) is 24.3 Å². The van der Waals surface area contributed by atoms with Crippen molar-refractivity contribution in [2.45, 2.75) is 13.1 Å². The van der Waals surface area contributed by atoms with E-state index in [4.69, 9.17) is 14.2 Å². The summed E-state index contributed by atoms with van der Waals surface area (Å²) in [6, 6.07) is 11.9. The number of halogens is 1. The predicted octanol–water partition coefficient (Wildman–Crippen LogP) is 3.48. The molecule has 0 spiro atoms. The summed E-state index contributed by atoms with van der Waals surface area (Å²) in [5, 5.41) is 3.41. The molecular formula is C16H16BrNO3. The zero-order chi connectivity index (χ0) is 14.7. The summed E-state index contributed by atoms with van der Waals surface area (Å²) in [7, 11) is 1.68. The van der Waals surface area contributed by atoms with Crippen molar-refractivity contribution in [3.8, 4) is 17.2 Å². The Labute approximate surface area is 132 Å². The fourth-order valence-corrected chi connectivity index (χ4v) is 2.76. The van der Waals surface area contributed by atoms with Gasteiger partial charge in [-0.3, -0.25) is 0 Å². The first-order valence-electron chi connectivity index (χ1n) is 6.68. The maximum atomic E-state index is 5.50. The highest BCUT2D eigenvalue weighted by Gasteiger charge is 2.16. The van der Waals surface area contributed by atoms with Gasteiger partial charge in [0.2, 0.25) is 6.79 Å². The number of hydrogen-bond donors (Lipinski definition) is 1. The van der Waals surface area contributed by atoms with E-state index in [1.165, 1.54) is 0 Å². The molecule has 0 fully saturated rings. The molecule has 1 N–H and O–H groups in total. The molecule has 110 valence electrons. The average molecular weight is 350 g/mol. The smallest absolute Gasteiger partial charge is 0.231 e. The molecule has 21 heavy (non-hydrogen) atoms. The number of fused-ring (bicyclic) bond motifs is 1.